The molecule has 1 unspecified atom stereocenters. The molecule has 0 spiro atoms. The van der Waals surface area contributed by atoms with Crippen molar-refractivity contribution in [2.45, 2.75) is 30.6 Å². The Morgan fingerprint density at radius 1 is 1.44 bits per heavy atom. The van der Waals surface area contributed by atoms with Crippen molar-refractivity contribution in [3.8, 4) is 17.1 Å². The Morgan fingerprint density at radius 3 is 2.93 bits per heavy atom. The van der Waals surface area contributed by atoms with Gasteiger partial charge in [-0.25, -0.2) is 0 Å². The molecule has 1 N–H and O–H groups in total. The lowest BCUT2D eigenvalue weighted by Crippen LogP contribution is -2.32. The predicted octanol–water partition coefficient (Wildman–Crippen LogP) is 2.53. The van der Waals surface area contributed by atoms with Crippen molar-refractivity contribution in [3.05, 3.63) is 36.9 Å². The fraction of sp³-hybridized carbons (Fsp3) is 0.421. The number of nitrogens with zero attached hydrogens (tertiary/aromatic N) is 3. The number of hydrogen-bond donors (Lipinski definition) is 1. The number of allylic oxidation sites excluding steroid dienone is 1. The molecule has 0 aliphatic carbocycles. The number of methoxy groups -OCH3 is 1. The molecule has 1 fully saturated rings. The first-order chi connectivity index (χ1) is 13.2. The highest BCUT2D eigenvalue weighted by molar-refractivity contribution is 7.99. The third-order valence-electron chi connectivity index (χ3n) is 4.26. The molecule has 0 bridgehead atoms. The van der Waals surface area contributed by atoms with Crippen LogP contribution in [0.3, 0.4) is 0 Å². The average molecular weight is 388 g/mol. The molecule has 27 heavy (non-hydrogen) atoms. The number of rotatable bonds is 9. The first-order valence-electron chi connectivity index (χ1n) is 8.91. The second-order valence-electron chi connectivity index (χ2n) is 6.16. The maximum atomic E-state index is 12.1. The van der Waals surface area contributed by atoms with Gasteiger partial charge >= 0.3 is 0 Å². The van der Waals surface area contributed by atoms with E-state index in [0.717, 1.165) is 36.6 Å². The fourth-order valence-electron chi connectivity index (χ4n) is 2.86. The summed E-state index contributed by atoms with van der Waals surface area (Å²) in [5, 5.41) is 12.2. The number of amides is 1. The molecule has 2 heterocycles. The number of carbonyl (C=O) groups is 1. The van der Waals surface area contributed by atoms with Crippen molar-refractivity contribution in [3.63, 3.8) is 0 Å². The van der Waals surface area contributed by atoms with Gasteiger partial charge in [-0.3, -0.25) is 9.36 Å². The number of thioether (sulfide) groups is 1. The smallest absolute Gasteiger partial charge is 0.230 e. The number of hydrogen-bond acceptors (Lipinski definition) is 6. The molecule has 2 aromatic rings. The van der Waals surface area contributed by atoms with Crippen molar-refractivity contribution in [1.82, 2.24) is 20.1 Å². The summed E-state index contributed by atoms with van der Waals surface area (Å²) in [6.45, 7) is 5.72. The van der Waals surface area contributed by atoms with Crippen LogP contribution in [0.25, 0.3) is 11.4 Å². The molecular weight excluding hydrogens is 364 g/mol. The standard InChI is InChI=1S/C19H24N4O3S/c1-3-10-23-18(14-6-8-15(25-2)9-7-14)21-22-19(23)27-13-17(24)20-12-16-5-4-11-26-16/h3,6-9,16H,1,4-5,10-13H2,2H3,(H,20,24). The molecule has 1 aromatic carbocycles. The van der Waals surface area contributed by atoms with Crippen LogP contribution in [0, 0.1) is 0 Å². The van der Waals surface area contributed by atoms with Crippen LogP contribution < -0.4 is 10.1 Å². The topological polar surface area (TPSA) is 78.3 Å². The minimum absolute atomic E-state index is 0.0327. The zero-order valence-electron chi connectivity index (χ0n) is 15.4. The second-order valence-corrected chi connectivity index (χ2v) is 7.10. The Morgan fingerprint density at radius 2 is 2.26 bits per heavy atom. The third kappa shape index (κ3) is 5.11. The van der Waals surface area contributed by atoms with Gasteiger partial charge in [0, 0.05) is 25.3 Å². The Kier molecular flexibility index (Phi) is 6.89. The van der Waals surface area contributed by atoms with Crippen LogP contribution in [-0.2, 0) is 16.1 Å². The Hall–Kier alpha value is -2.32. The van der Waals surface area contributed by atoms with E-state index in [-0.39, 0.29) is 17.8 Å². The minimum atomic E-state index is -0.0327. The van der Waals surface area contributed by atoms with E-state index in [0.29, 0.717) is 18.2 Å². The summed E-state index contributed by atoms with van der Waals surface area (Å²) in [6, 6.07) is 7.64. The summed E-state index contributed by atoms with van der Waals surface area (Å²) < 4.78 is 12.7. The first kappa shape index (κ1) is 19.4. The van der Waals surface area contributed by atoms with Crippen LogP contribution in [0.5, 0.6) is 5.75 Å². The molecule has 7 nitrogen and oxygen atoms in total. The molecule has 1 aromatic heterocycles. The summed E-state index contributed by atoms with van der Waals surface area (Å²) in [5.74, 6) is 1.77. The van der Waals surface area contributed by atoms with Gasteiger partial charge in [-0.15, -0.1) is 16.8 Å². The van der Waals surface area contributed by atoms with Crippen LogP contribution in [0.4, 0.5) is 0 Å². The predicted molar refractivity (Wildman–Crippen MR) is 105 cm³/mol. The summed E-state index contributed by atoms with van der Waals surface area (Å²) in [6.07, 6.45) is 4.00. The van der Waals surface area contributed by atoms with E-state index < -0.39 is 0 Å². The largest absolute Gasteiger partial charge is 0.497 e. The van der Waals surface area contributed by atoms with Gasteiger partial charge in [-0.05, 0) is 37.1 Å². The SMILES string of the molecule is C=CCn1c(SCC(=O)NCC2CCCO2)nnc1-c1ccc(OC)cc1. The molecule has 1 atom stereocenters. The van der Waals surface area contributed by atoms with Gasteiger partial charge in [-0.1, -0.05) is 17.8 Å². The van der Waals surface area contributed by atoms with Crippen molar-refractivity contribution >= 4 is 17.7 Å². The summed E-state index contributed by atoms with van der Waals surface area (Å²) in [5.41, 5.74) is 0.930. The monoisotopic (exact) mass is 388 g/mol. The second kappa shape index (κ2) is 9.57. The van der Waals surface area contributed by atoms with Crippen LogP contribution in [-0.4, -0.2) is 52.8 Å². The van der Waals surface area contributed by atoms with Gasteiger partial charge < -0.3 is 14.8 Å². The van der Waals surface area contributed by atoms with Crippen molar-refractivity contribution < 1.29 is 14.3 Å². The molecule has 0 radical (unpaired) electrons. The van der Waals surface area contributed by atoms with Crippen LogP contribution >= 0.6 is 11.8 Å². The van der Waals surface area contributed by atoms with Gasteiger partial charge in [-0.2, -0.15) is 0 Å². The van der Waals surface area contributed by atoms with Crippen molar-refractivity contribution in [1.29, 1.82) is 0 Å². The number of ether oxygens (including phenoxy) is 2. The van der Waals surface area contributed by atoms with Crippen molar-refractivity contribution in [2.75, 3.05) is 26.0 Å². The molecule has 3 rings (SSSR count). The molecular formula is C19H24N4O3S. The van der Waals surface area contributed by atoms with Crippen LogP contribution in [0.1, 0.15) is 12.8 Å². The van der Waals surface area contributed by atoms with Crippen LogP contribution in [0.15, 0.2) is 42.1 Å². The van der Waals surface area contributed by atoms with E-state index in [1.165, 1.54) is 11.8 Å². The molecule has 8 heteroatoms. The first-order valence-corrected chi connectivity index (χ1v) is 9.89. The molecule has 1 aliphatic rings. The van der Waals surface area contributed by atoms with Gasteiger partial charge in [0.15, 0.2) is 11.0 Å². The van der Waals surface area contributed by atoms with E-state index in [1.807, 2.05) is 28.8 Å². The minimum Gasteiger partial charge on any atom is -0.497 e. The molecule has 0 saturated carbocycles. The third-order valence-corrected chi connectivity index (χ3v) is 5.23. The van der Waals surface area contributed by atoms with Gasteiger partial charge in [0.1, 0.15) is 5.75 Å². The normalized spacial score (nSPS) is 16.3. The zero-order valence-corrected chi connectivity index (χ0v) is 16.2. The van der Waals surface area contributed by atoms with Crippen molar-refractivity contribution in [2.24, 2.45) is 0 Å². The highest BCUT2D eigenvalue weighted by Crippen LogP contribution is 2.25. The Labute approximate surface area is 163 Å². The maximum Gasteiger partial charge on any atom is 0.230 e. The quantitative estimate of drug-likeness (QED) is 0.525. The van der Waals surface area contributed by atoms with E-state index in [9.17, 15) is 4.79 Å². The van der Waals surface area contributed by atoms with Gasteiger partial charge in [0.2, 0.25) is 5.91 Å². The number of aromatic nitrogens is 3. The Bertz CT molecular complexity index is 770. The number of carbonyl (C=O) groups excluding carboxylic acids is 1. The lowest BCUT2D eigenvalue weighted by molar-refractivity contribution is -0.119. The van der Waals surface area contributed by atoms with E-state index in [2.05, 4.69) is 22.1 Å². The van der Waals surface area contributed by atoms with Crippen LogP contribution in [0.2, 0.25) is 0 Å². The molecule has 1 saturated heterocycles. The lowest BCUT2D eigenvalue weighted by Gasteiger charge is -2.11. The Balaban J connectivity index is 1.63. The lowest BCUT2D eigenvalue weighted by atomic mass is 10.2. The highest BCUT2D eigenvalue weighted by atomic mass is 32.2. The summed E-state index contributed by atoms with van der Waals surface area (Å²) >= 11 is 1.36. The van der Waals surface area contributed by atoms with Gasteiger partial charge in [0.25, 0.3) is 0 Å². The number of benzene rings is 1. The zero-order chi connectivity index (χ0) is 19.1. The highest BCUT2D eigenvalue weighted by Gasteiger charge is 2.18. The van der Waals surface area contributed by atoms with E-state index in [4.69, 9.17) is 9.47 Å². The molecule has 1 aliphatic heterocycles. The summed E-state index contributed by atoms with van der Waals surface area (Å²) in [4.78, 5) is 12.1. The molecule has 1 amide bonds. The summed E-state index contributed by atoms with van der Waals surface area (Å²) in [7, 11) is 1.63. The van der Waals surface area contributed by atoms with E-state index in [1.54, 1.807) is 13.2 Å². The fourth-order valence-corrected chi connectivity index (χ4v) is 3.63. The van der Waals surface area contributed by atoms with Gasteiger partial charge in [0.05, 0.1) is 19.0 Å². The molecule has 144 valence electrons. The maximum absolute atomic E-state index is 12.1. The average Bonchev–Trinajstić information content (AvgIpc) is 3.35. The van der Waals surface area contributed by atoms with E-state index >= 15 is 0 Å². The number of nitrogens with one attached hydrogen (secondary N) is 1.